The van der Waals surface area contributed by atoms with E-state index in [9.17, 15) is 0 Å². The third kappa shape index (κ3) is 2.58. The van der Waals surface area contributed by atoms with Crippen LogP contribution in [0.2, 0.25) is 0 Å². The third-order valence-electron chi connectivity index (χ3n) is 5.86. The molecule has 1 aliphatic heterocycles. The van der Waals surface area contributed by atoms with Crippen LogP contribution in [0.3, 0.4) is 0 Å². The molecule has 0 spiro atoms. The zero-order chi connectivity index (χ0) is 16.8. The van der Waals surface area contributed by atoms with Crippen molar-refractivity contribution in [3.05, 3.63) is 53.4 Å². The van der Waals surface area contributed by atoms with Crippen molar-refractivity contribution >= 4 is 5.52 Å². The van der Waals surface area contributed by atoms with Crippen molar-refractivity contribution < 1.29 is 0 Å². The van der Waals surface area contributed by atoms with E-state index >= 15 is 0 Å². The standard InChI is InChI=1S/C20H25N5/c1-15-22-18-6-2-3-8-20(18)25(15)17-9-11-23(14-17)13-16-12-21-24-10-5-4-7-19(16)24/h4-5,7,10,12,17H,2-3,6,8-9,11,13-14H2,1H3/t17-/m1/s1. The Morgan fingerprint density at radius 1 is 1.20 bits per heavy atom. The molecule has 0 amide bonds. The van der Waals surface area contributed by atoms with Crippen LogP contribution in [0.5, 0.6) is 0 Å². The molecule has 5 rings (SSSR count). The maximum atomic E-state index is 4.87. The predicted molar refractivity (Wildman–Crippen MR) is 97.7 cm³/mol. The van der Waals surface area contributed by atoms with E-state index in [0.717, 1.165) is 19.6 Å². The van der Waals surface area contributed by atoms with Gasteiger partial charge in [0, 0.05) is 43.1 Å². The molecule has 3 aromatic heterocycles. The van der Waals surface area contributed by atoms with Gasteiger partial charge >= 0.3 is 0 Å². The summed E-state index contributed by atoms with van der Waals surface area (Å²) in [4.78, 5) is 7.44. The van der Waals surface area contributed by atoms with Crippen LogP contribution in [-0.2, 0) is 19.4 Å². The number of fused-ring (bicyclic) bond motifs is 2. The van der Waals surface area contributed by atoms with Crippen LogP contribution < -0.4 is 0 Å². The summed E-state index contributed by atoms with van der Waals surface area (Å²) in [5.41, 5.74) is 5.43. The fourth-order valence-corrected chi connectivity index (χ4v) is 4.70. The van der Waals surface area contributed by atoms with Crippen LogP contribution in [0.4, 0.5) is 0 Å². The Morgan fingerprint density at radius 3 is 3.08 bits per heavy atom. The van der Waals surface area contributed by atoms with Crippen LogP contribution >= 0.6 is 0 Å². The van der Waals surface area contributed by atoms with Gasteiger partial charge in [-0.1, -0.05) is 6.07 Å². The predicted octanol–water partition coefficient (Wildman–Crippen LogP) is 3.17. The van der Waals surface area contributed by atoms with Crippen molar-refractivity contribution in [2.45, 2.75) is 51.6 Å². The number of likely N-dealkylation sites (tertiary alicyclic amines) is 1. The minimum absolute atomic E-state index is 0.580. The van der Waals surface area contributed by atoms with Crippen molar-refractivity contribution in [1.82, 2.24) is 24.1 Å². The van der Waals surface area contributed by atoms with E-state index in [1.165, 1.54) is 60.4 Å². The van der Waals surface area contributed by atoms with E-state index in [-0.39, 0.29) is 0 Å². The van der Waals surface area contributed by atoms with Crippen LogP contribution in [-0.4, -0.2) is 37.2 Å². The van der Waals surface area contributed by atoms with Crippen LogP contribution in [0.15, 0.2) is 30.6 Å². The Kier molecular flexibility index (Phi) is 3.63. The van der Waals surface area contributed by atoms with Gasteiger partial charge in [-0.05, 0) is 51.2 Å². The molecular formula is C20H25N5. The lowest BCUT2D eigenvalue weighted by Crippen LogP contribution is -2.22. The first-order valence-corrected chi connectivity index (χ1v) is 9.50. The molecule has 1 atom stereocenters. The van der Waals surface area contributed by atoms with Crippen LogP contribution in [0, 0.1) is 6.92 Å². The Labute approximate surface area is 148 Å². The molecule has 1 fully saturated rings. The van der Waals surface area contributed by atoms with E-state index in [0.29, 0.717) is 6.04 Å². The molecule has 25 heavy (non-hydrogen) atoms. The summed E-state index contributed by atoms with van der Waals surface area (Å²) in [5, 5.41) is 4.48. The fourth-order valence-electron chi connectivity index (χ4n) is 4.70. The molecule has 3 aromatic rings. The molecule has 2 aliphatic rings. The van der Waals surface area contributed by atoms with Gasteiger partial charge in [-0.15, -0.1) is 0 Å². The molecule has 4 heterocycles. The first kappa shape index (κ1) is 15.1. The van der Waals surface area contributed by atoms with Gasteiger partial charge in [-0.2, -0.15) is 5.10 Å². The highest BCUT2D eigenvalue weighted by molar-refractivity contribution is 5.53. The summed E-state index contributed by atoms with van der Waals surface area (Å²) in [7, 11) is 0. The molecule has 5 nitrogen and oxygen atoms in total. The number of nitrogens with zero attached hydrogens (tertiary/aromatic N) is 5. The maximum Gasteiger partial charge on any atom is 0.106 e. The highest BCUT2D eigenvalue weighted by Gasteiger charge is 2.29. The monoisotopic (exact) mass is 335 g/mol. The number of aromatic nitrogens is 4. The summed E-state index contributed by atoms with van der Waals surface area (Å²) in [6.07, 6.45) is 10.3. The lowest BCUT2D eigenvalue weighted by Gasteiger charge is -2.21. The van der Waals surface area contributed by atoms with E-state index in [4.69, 9.17) is 4.98 Å². The van der Waals surface area contributed by atoms with Gasteiger partial charge in [0.2, 0.25) is 0 Å². The highest BCUT2D eigenvalue weighted by atomic mass is 15.2. The summed E-state index contributed by atoms with van der Waals surface area (Å²) in [6, 6.07) is 6.86. The second-order valence-electron chi connectivity index (χ2n) is 7.51. The number of rotatable bonds is 3. The Morgan fingerprint density at radius 2 is 2.12 bits per heavy atom. The van der Waals surface area contributed by atoms with Crippen LogP contribution in [0.25, 0.3) is 5.52 Å². The zero-order valence-corrected chi connectivity index (χ0v) is 14.9. The summed E-state index contributed by atoms with van der Waals surface area (Å²) >= 11 is 0. The zero-order valence-electron chi connectivity index (χ0n) is 14.9. The quantitative estimate of drug-likeness (QED) is 0.738. The minimum Gasteiger partial charge on any atom is -0.328 e. The second-order valence-corrected chi connectivity index (χ2v) is 7.51. The normalized spacial score (nSPS) is 21.1. The fraction of sp³-hybridized carbons (Fsp3) is 0.500. The molecule has 1 saturated heterocycles. The average Bonchev–Trinajstić information content (AvgIpc) is 3.32. The van der Waals surface area contributed by atoms with Crippen molar-refractivity contribution in [3.8, 4) is 0 Å². The largest absolute Gasteiger partial charge is 0.328 e. The second kappa shape index (κ2) is 5.99. The Bertz CT molecular complexity index is 906. The molecule has 5 heteroatoms. The lowest BCUT2D eigenvalue weighted by atomic mass is 10.0. The van der Waals surface area contributed by atoms with E-state index in [2.05, 4.69) is 33.6 Å². The molecule has 0 aromatic carbocycles. The van der Waals surface area contributed by atoms with Gasteiger partial charge in [-0.25, -0.2) is 9.50 Å². The molecule has 0 radical (unpaired) electrons. The maximum absolute atomic E-state index is 4.87. The minimum atomic E-state index is 0.580. The molecule has 0 saturated carbocycles. The van der Waals surface area contributed by atoms with Gasteiger partial charge in [-0.3, -0.25) is 4.90 Å². The van der Waals surface area contributed by atoms with Gasteiger partial charge in [0.15, 0.2) is 0 Å². The third-order valence-corrected chi connectivity index (χ3v) is 5.86. The molecule has 1 aliphatic carbocycles. The Hall–Kier alpha value is -2.14. The summed E-state index contributed by atoms with van der Waals surface area (Å²) in [5.74, 6) is 1.22. The van der Waals surface area contributed by atoms with Gasteiger partial charge < -0.3 is 4.57 Å². The summed E-state index contributed by atoms with van der Waals surface area (Å²) < 4.78 is 4.53. The first-order chi connectivity index (χ1) is 12.3. The van der Waals surface area contributed by atoms with Crippen molar-refractivity contribution in [1.29, 1.82) is 0 Å². The molecule has 0 N–H and O–H groups in total. The molecule has 130 valence electrons. The van der Waals surface area contributed by atoms with Crippen LogP contribution in [0.1, 0.15) is 48.1 Å². The average molecular weight is 335 g/mol. The van der Waals surface area contributed by atoms with Crippen molar-refractivity contribution in [2.24, 2.45) is 0 Å². The SMILES string of the molecule is Cc1nc2c(n1[C@@H]1CCN(Cc3cnn4ccccc34)C1)CCCC2. The number of imidazole rings is 1. The number of hydrogen-bond acceptors (Lipinski definition) is 3. The van der Waals surface area contributed by atoms with Gasteiger partial charge in [0.05, 0.1) is 17.4 Å². The van der Waals surface area contributed by atoms with Crippen molar-refractivity contribution in [2.75, 3.05) is 13.1 Å². The Balaban J connectivity index is 1.36. The smallest absolute Gasteiger partial charge is 0.106 e. The van der Waals surface area contributed by atoms with E-state index in [1.807, 2.05) is 23.0 Å². The highest BCUT2D eigenvalue weighted by Crippen LogP contribution is 2.31. The number of aryl methyl sites for hydroxylation is 2. The van der Waals surface area contributed by atoms with E-state index in [1.54, 1.807) is 0 Å². The number of hydrogen-bond donors (Lipinski definition) is 0. The van der Waals surface area contributed by atoms with Crippen molar-refractivity contribution in [3.63, 3.8) is 0 Å². The van der Waals surface area contributed by atoms with Gasteiger partial charge in [0.1, 0.15) is 5.82 Å². The summed E-state index contributed by atoms with van der Waals surface area (Å²) in [6.45, 7) is 5.45. The molecule has 0 bridgehead atoms. The number of pyridine rings is 1. The topological polar surface area (TPSA) is 38.4 Å². The first-order valence-electron chi connectivity index (χ1n) is 9.50. The van der Waals surface area contributed by atoms with Gasteiger partial charge in [0.25, 0.3) is 0 Å². The lowest BCUT2D eigenvalue weighted by molar-refractivity contribution is 0.315. The molecular weight excluding hydrogens is 310 g/mol. The van der Waals surface area contributed by atoms with E-state index < -0.39 is 0 Å². The molecule has 0 unspecified atom stereocenters.